The summed E-state index contributed by atoms with van der Waals surface area (Å²) in [6, 6.07) is 5.42. The molecule has 1 saturated heterocycles. The van der Waals surface area contributed by atoms with Crippen molar-refractivity contribution >= 4 is 23.2 Å². The van der Waals surface area contributed by atoms with Gasteiger partial charge in [-0.15, -0.1) is 5.92 Å². The number of halogens is 2. The minimum atomic E-state index is 0.113. The maximum absolute atomic E-state index is 6.10. The van der Waals surface area contributed by atoms with Crippen molar-refractivity contribution in [2.24, 2.45) is 5.92 Å². The molecule has 4 heteroatoms. The van der Waals surface area contributed by atoms with Gasteiger partial charge in [-0.05, 0) is 38.0 Å². The molecule has 0 radical (unpaired) electrons. The van der Waals surface area contributed by atoms with Crippen LogP contribution in [0.4, 0.5) is 0 Å². The SMILES string of the molecule is CC#CC1CC(COCc2ccc(Cl)cc2Cl)OC1C. The molecular formula is C16H18Cl2O2. The third kappa shape index (κ3) is 4.14. The van der Waals surface area contributed by atoms with E-state index in [1.54, 1.807) is 6.07 Å². The fourth-order valence-corrected chi connectivity index (χ4v) is 2.80. The van der Waals surface area contributed by atoms with Crippen LogP contribution in [-0.2, 0) is 16.1 Å². The van der Waals surface area contributed by atoms with E-state index in [-0.39, 0.29) is 12.2 Å². The van der Waals surface area contributed by atoms with E-state index >= 15 is 0 Å². The predicted octanol–water partition coefficient (Wildman–Crippen LogP) is 4.33. The first-order valence-corrected chi connectivity index (χ1v) is 7.45. The molecule has 1 aliphatic rings. The highest BCUT2D eigenvalue weighted by atomic mass is 35.5. The Labute approximate surface area is 130 Å². The van der Waals surface area contributed by atoms with Crippen LogP contribution in [0, 0.1) is 17.8 Å². The summed E-state index contributed by atoms with van der Waals surface area (Å²) < 4.78 is 11.5. The lowest BCUT2D eigenvalue weighted by Gasteiger charge is -2.12. The van der Waals surface area contributed by atoms with Gasteiger partial charge in [0.1, 0.15) is 0 Å². The molecule has 0 amide bonds. The molecule has 0 bridgehead atoms. The van der Waals surface area contributed by atoms with E-state index in [0.717, 1.165) is 12.0 Å². The standard InChI is InChI=1S/C16H18Cl2O2/c1-3-4-12-7-15(20-11(12)2)10-19-9-13-5-6-14(17)8-16(13)18/h5-6,8,11-12,15H,7,9-10H2,1-2H3. The molecule has 20 heavy (non-hydrogen) atoms. The average molecular weight is 313 g/mol. The van der Waals surface area contributed by atoms with Crippen molar-refractivity contribution in [1.29, 1.82) is 0 Å². The van der Waals surface area contributed by atoms with E-state index in [0.29, 0.717) is 29.2 Å². The molecule has 1 aliphatic heterocycles. The quantitative estimate of drug-likeness (QED) is 0.771. The Hall–Kier alpha value is -0.720. The molecule has 0 N–H and O–H groups in total. The Morgan fingerprint density at radius 1 is 1.40 bits per heavy atom. The first kappa shape index (κ1) is 15.7. The lowest BCUT2D eigenvalue weighted by Crippen LogP contribution is -2.15. The number of hydrogen-bond acceptors (Lipinski definition) is 2. The van der Waals surface area contributed by atoms with Crippen LogP contribution in [0.15, 0.2) is 18.2 Å². The lowest BCUT2D eigenvalue weighted by atomic mass is 10.0. The van der Waals surface area contributed by atoms with Crippen molar-refractivity contribution in [3.8, 4) is 11.8 Å². The van der Waals surface area contributed by atoms with E-state index in [2.05, 4.69) is 18.8 Å². The Morgan fingerprint density at radius 2 is 2.20 bits per heavy atom. The second-order valence-electron chi connectivity index (χ2n) is 4.95. The molecule has 1 fully saturated rings. The molecule has 2 nitrogen and oxygen atoms in total. The average Bonchev–Trinajstić information content (AvgIpc) is 2.73. The van der Waals surface area contributed by atoms with Gasteiger partial charge in [0.05, 0.1) is 25.4 Å². The van der Waals surface area contributed by atoms with Crippen molar-refractivity contribution in [1.82, 2.24) is 0 Å². The van der Waals surface area contributed by atoms with Crippen LogP contribution < -0.4 is 0 Å². The van der Waals surface area contributed by atoms with Crippen LogP contribution in [-0.4, -0.2) is 18.8 Å². The molecule has 2 rings (SSSR count). The van der Waals surface area contributed by atoms with Gasteiger partial charge in [0.2, 0.25) is 0 Å². The number of rotatable bonds is 4. The van der Waals surface area contributed by atoms with Crippen LogP contribution >= 0.6 is 23.2 Å². The van der Waals surface area contributed by atoms with Gasteiger partial charge in [0, 0.05) is 16.0 Å². The van der Waals surface area contributed by atoms with E-state index < -0.39 is 0 Å². The van der Waals surface area contributed by atoms with Crippen molar-refractivity contribution in [2.75, 3.05) is 6.61 Å². The first-order chi connectivity index (χ1) is 9.60. The summed E-state index contributed by atoms with van der Waals surface area (Å²) in [4.78, 5) is 0. The third-order valence-electron chi connectivity index (χ3n) is 3.40. The summed E-state index contributed by atoms with van der Waals surface area (Å²) in [7, 11) is 0. The zero-order chi connectivity index (χ0) is 14.5. The highest BCUT2D eigenvalue weighted by Gasteiger charge is 2.30. The van der Waals surface area contributed by atoms with Gasteiger partial charge in [-0.25, -0.2) is 0 Å². The van der Waals surface area contributed by atoms with Crippen LogP contribution in [0.5, 0.6) is 0 Å². The summed E-state index contributed by atoms with van der Waals surface area (Å²) in [6.07, 6.45) is 1.22. The molecule has 0 aromatic heterocycles. The van der Waals surface area contributed by atoms with Crippen LogP contribution in [0.1, 0.15) is 25.8 Å². The molecule has 0 spiro atoms. The number of hydrogen-bond donors (Lipinski definition) is 0. The smallest absolute Gasteiger partial charge is 0.0825 e. The summed E-state index contributed by atoms with van der Waals surface area (Å²) in [5.74, 6) is 6.45. The Morgan fingerprint density at radius 3 is 2.90 bits per heavy atom. The van der Waals surface area contributed by atoms with Gasteiger partial charge in [0.25, 0.3) is 0 Å². The molecule has 0 aliphatic carbocycles. The molecule has 1 heterocycles. The molecular weight excluding hydrogens is 295 g/mol. The van der Waals surface area contributed by atoms with Crippen molar-refractivity contribution in [3.05, 3.63) is 33.8 Å². The largest absolute Gasteiger partial charge is 0.374 e. The zero-order valence-electron chi connectivity index (χ0n) is 11.7. The van der Waals surface area contributed by atoms with Gasteiger partial charge in [0.15, 0.2) is 0 Å². The normalized spacial score (nSPS) is 25.3. The van der Waals surface area contributed by atoms with Gasteiger partial charge in [-0.2, -0.15) is 0 Å². The van der Waals surface area contributed by atoms with Crippen molar-refractivity contribution in [3.63, 3.8) is 0 Å². The minimum Gasteiger partial charge on any atom is -0.374 e. The molecule has 108 valence electrons. The summed E-state index contributed by atoms with van der Waals surface area (Å²) >= 11 is 12.0. The topological polar surface area (TPSA) is 18.5 Å². The lowest BCUT2D eigenvalue weighted by molar-refractivity contribution is -0.0158. The van der Waals surface area contributed by atoms with Crippen LogP contribution in [0.2, 0.25) is 10.0 Å². The molecule has 3 unspecified atom stereocenters. The Kier molecular flexibility index (Phi) is 5.74. The first-order valence-electron chi connectivity index (χ1n) is 6.69. The van der Waals surface area contributed by atoms with Crippen molar-refractivity contribution in [2.45, 2.75) is 39.1 Å². The molecule has 1 aromatic carbocycles. The van der Waals surface area contributed by atoms with E-state index in [9.17, 15) is 0 Å². The Bertz CT molecular complexity index is 519. The van der Waals surface area contributed by atoms with Gasteiger partial charge in [-0.3, -0.25) is 0 Å². The Balaban J connectivity index is 1.80. The summed E-state index contributed by atoms with van der Waals surface area (Å²) in [6.45, 7) is 4.95. The molecule has 1 aromatic rings. The van der Waals surface area contributed by atoms with Gasteiger partial charge in [-0.1, -0.05) is 35.2 Å². The van der Waals surface area contributed by atoms with Crippen LogP contribution in [0.3, 0.4) is 0 Å². The van der Waals surface area contributed by atoms with Crippen molar-refractivity contribution < 1.29 is 9.47 Å². The monoisotopic (exact) mass is 312 g/mol. The maximum Gasteiger partial charge on any atom is 0.0825 e. The van der Waals surface area contributed by atoms with E-state index in [1.807, 2.05) is 19.1 Å². The summed E-state index contributed by atoms with van der Waals surface area (Å²) in [5, 5.41) is 1.26. The van der Waals surface area contributed by atoms with Gasteiger partial charge < -0.3 is 9.47 Å². The highest BCUT2D eigenvalue weighted by molar-refractivity contribution is 6.35. The molecule has 3 atom stereocenters. The zero-order valence-corrected chi connectivity index (χ0v) is 13.2. The fourth-order valence-electron chi connectivity index (χ4n) is 2.34. The number of ether oxygens (including phenoxy) is 2. The van der Waals surface area contributed by atoms with Gasteiger partial charge >= 0.3 is 0 Å². The fraction of sp³-hybridized carbons (Fsp3) is 0.500. The maximum atomic E-state index is 6.10. The predicted molar refractivity (Wildman–Crippen MR) is 82.0 cm³/mol. The third-order valence-corrected chi connectivity index (χ3v) is 3.98. The minimum absolute atomic E-state index is 0.113. The second kappa shape index (κ2) is 7.33. The van der Waals surface area contributed by atoms with Crippen LogP contribution in [0.25, 0.3) is 0 Å². The number of benzene rings is 1. The van der Waals surface area contributed by atoms with E-state index in [4.69, 9.17) is 32.7 Å². The van der Waals surface area contributed by atoms with E-state index in [1.165, 1.54) is 0 Å². The second-order valence-corrected chi connectivity index (χ2v) is 5.79. The highest BCUT2D eigenvalue weighted by Crippen LogP contribution is 2.27. The summed E-state index contributed by atoms with van der Waals surface area (Å²) in [5.41, 5.74) is 0.937. The molecule has 0 saturated carbocycles.